The molecular formula is C16H9Cl2FN2O2. The fourth-order valence-electron chi connectivity index (χ4n) is 2.19. The summed E-state index contributed by atoms with van der Waals surface area (Å²) in [5, 5.41) is 0.808. The summed E-state index contributed by atoms with van der Waals surface area (Å²) in [7, 11) is 0. The maximum Gasteiger partial charge on any atom is 0.261 e. The zero-order valence-electron chi connectivity index (χ0n) is 11.6. The second kappa shape index (κ2) is 6.10. The third kappa shape index (κ3) is 3.11. The van der Waals surface area contributed by atoms with E-state index in [1.165, 1.54) is 47.3 Å². The number of carbonyl (C=O) groups excluding carboxylic acids is 1. The Morgan fingerprint density at radius 1 is 1.17 bits per heavy atom. The van der Waals surface area contributed by atoms with E-state index in [0.717, 1.165) is 0 Å². The maximum atomic E-state index is 12.9. The molecule has 1 aromatic heterocycles. The van der Waals surface area contributed by atoms with Crippen LogP contribution in [0.5, 0.6) is 0 Å². The highest BCUT2D eigenvalue weighted by Gasteiger charge is 2.12. The Labute approximate surface area is 140 Å². The lowest BCUT2D eigenvalue weighted by atomic mass is 10.1. The first-order valence-electron chi connectivity index (χ1n) is 6.58. The number of fused-ring (bicyclic) bond motifs is 1. The van der Waals surface area contributed by atoms with Crippen molar-refractivity contribution in [3.05, 3.63) is 74.5 Å². The molecule has 0 aliphatic rings. The molecule has 0 amide bonds. The van der Waals surface area contributed by atoms with Crippen LogP contribution in [-0.4, -0.2) is 15.3 Å². The molecule has 0 atom stereocenters. The highest BCUT2D eigenvalue weighted by Crippen LogP contribution is 2.23. The van der Waals surface area contributed by atoms with E-state index in [2.05, 4.69) is 4.98 Å². The second-order valence-corrected chi connectivity index (χ2v) is 5.74. The van der Waals surface area contributed by atoms with E-state index in [0.29, 0.717) is 16.1 Å². The Morgan fingerprint density at radius 2 is 1.87 bits per heavy atom. The van der Waals surface area contributed by atoms with Gasteiger partial charge in [0, 0.05) is 10.6 Å². The van der Waals surface area contributed by atoms with Crippen molar-refractivity contribution in [1.82, 2.24) is 9.55 Å². The molecule has 0 saturated carbocycles. The van der Waals surface area contributed by atoms with Crippen LogP contribution in [0.15, 0.2) is 47.5 Å². The van der Waals surface area contributed by atoms with Crippen LogP contribution in [0.25, 0.3) is 10.9 Å². The summed E-state index contributed by atoms with van der Waals surface area (Å²) in [6.07, 6.45) is 1.26. The van der Waals surface area contributed by atoms with Gasteiger partial charge in [-0.2, -0.15) is 0 Å². The van der Waals surface area contributed by atoms with E-state index < -0.39 is 11.4 Å². The highest BCUT2D eigenvalue weighted by atomic mass is 35.5. The predicted molar refractivity (Wildman–Crippen MR) is 86.8 cm³/mol. The average Bonchev–Trinajstić information content (AvgIpc) is 2.51. The first kappa shape index (κ1) is 15.6. The first-order valence-corrected chi connectivity index (χ1v) is 7.34. The molecule has 4 nitrogen and oxygen atoms in total. The molecule has 3 rings (SSSR count). The van der Waals surface area contributed by atoms with Crippen molar-refractivity contribution in [2.45, 2.75) is 6.54 Å². The molecule has 1 heterocycles. The van der Waals surface area contributed by atoms with Crippen LogP contribution < -0.4 is 5.56 Å². The molecule has 0 aliphatic carbocycles. The number of rotatable bonds is 3. The molecule has 116 valence electrons. The van der Waals surface area contributed by atoms with E-state index >= 15 is 0 Å². The zero-order valence-corrected chi connectivity index (χ0v) is 13.1. The zero-order chi connectivity index (χ0) is 16.6. The van der Waals surface area contributed by atoms with Crippen LogP contribution in [0.3, 0.4) is 0 Å². The fraction of sp³-hybridized carbons (Fsp3) is 0.0625. The number of ketones is 1. The van der Waals surface area contributed by atoms with Crippen molar-refractivity contribution in [2.75, 3.05) is 0 Å². The summed E-state index contributed by atoms with van der Waals surface area (Å²) in [5.41, 5.74) is 0.212. The number of halogens is 3. The number of aromatic nitrogens is 2. The summed E-state index contributed by atoms with van der Waals surface area (Å²) in [5.74, 6) is -0.767. The van der Waals surface area contributed by atoms with E-state index in [1.807, 2.05) is 0 Å². The van der Waals surface area contributed by atoms with Gasteiger partial charge in [-0.1, -0.05) is 23.2 Å². The van der Waals surface area contributed by atoms with Gasteiger partial charge in [-0.25, -0.2) is 9.37 Å². The van der Waals surface area contributed by atoms with Gasteiger partial charge < -0.3 is 0 Å². The molecular weight excluding hydrogens is 342 g/mol. The summed E-state index contributed by atoms with van der Waals surface area (Å²) < 4.78 is 14.1. The Morgan fingerprint density at radius 3 is 2.57 bits per heavy atom. The Hall–Kier alpha value is -2.24. The van der Waals surface area contributed by atoms with Crippen LogP contribution in [-0.2, 0) is 6.54 Å². The summed E-state index contributed by atoms with van der Waals surface area (Å²) in [4.78, 5) is 28.7. The number of nitrogens with zero attached hydrogens (tertiary/aromatic N) is 2. The van der Waals surface area contributed by atoms with Gasteiger partial charge in [0.25, 0.3) is 5.56 Å². The third-order valence-corrected chi connectivity index (χ3v) is 3.83. The fourth-order valence-corrected chi connectivity index (χ4v) is 2.73. The van der Waals surface area contributed by atoms with E-state index in [1.54, 1.807) is 0 Å². The van der Waals surface area contributed by atoms with Gasteiger partial charge in [-0.3, -0.25) is 14.2 Å². The molecule has 0 radical (unpaired) electrons. The minimum Gasteiger partial charge on any atom is -0.292 e. The van der Waals surface area contributed by atoms with Crippen molar-refractivity contribution in [3.63, 3.8) is 0 Å². The normalized spacial score (nSPS) is 10.9. The monoisotopic (exact) mass is 350 g/mol. The molecule has 0 unspecified atom stereocenters. The second-order valence-electron chi connectivity index (χ2n) is 4.89. The van der Waals surface area contributed by atoms with E-state index in [4.69, 9.17) is 23.2 Å². The lowest BCUT2D eigenvalue weighted by Crippen LogP contribution is -2.24. The smallest absolute Gasteiger partial charge is 0.261 e. The minimum absolute atomic E-state index is 0.211. The van der Waals surface area contributed by atoms with Gasteiger partial charge in [0.15, 0.2) is 5.78 Å². The summed E-state index contributed by atoms with van der Waals surface area (Å²) >= 11 is 11.9. The van der Waals surface area contributed by atoms with Crippen LogP contribution >= 0.6 is 23.2 Å². The van der Waals surface area contributed by atoms with Crippen LogP contribution in [0.1, 0.15) is 10.4 Å². The molecule has 0 N–H and O–H groups in total. The van der Waals surface area contributed by atoms with E-state index in [9.17, 15) is 14.0 Å². The lowest BCUT2D eigenvalue weighted by Gasteiger charge is -2.07. The van der Waals surface area contributed by atoms with E-state index in [-0.39, 0.29) is 22.7 Å². The highest BCUT2D eigenvalue weighted by molar-refractivity contribution is 6.38. The van der Waals surface area contributed by atoms with Crippen LogP contribution in [0.4, 0.5) is 4.39 Å². The van der Waals surface area contributed by atoms with Gasteiger partial charge in [0.1, 0.15) is 5.82 Å². The summed E-state index contributed by atoms with van der Waals surface area (Å²) in [6, 6.07) is 8.06. The number of hydrogen-bond donors (Lipinski definition) is 0. The Kier molecular flexibility index (Phi) is 4.15. The lowest BCUT2D eigenvalue weighted by molar-refractivity contribution is 0.0970. The summed E-state index contributed by atoms with van der Waals surface area (Å²) in [6.45, 7) is -0.211. The minimum atomic E-state index is -0.435. The maximum absolute atomic E-state index is 12.9. The largest absolute Gasteiger partial charge is 0.292 e. The third-order valence-electron chi connectivity index (χ3n) is 3.33. The van der Waals surface area contributed by atoms with Gasteiger partial charge >= 0.3 is 0 Å². The number of benzene rings is 2. The number of Topliss-reactive ketones (excluding diaryl/α,β-unsaturated/α-hetero) is 1. The molecule has 0 bridgehead atoms. The first-order chi connectivity index (χ1) is 11.0. The molecule has 3 aromatic rings. The van der Waals surface area contributed by atoms with Crippen molar-refractivity contribution < 1.29 is 9.18 Å². The topological polar surface area (TPSA) is 52.0 Å². The molecule has 2 aromatic carbocycles. The SMILES string of the molecule is O=C(Cn1cnc2c(Cl)cc(Cl)cc2c1=O)c1ccc(F)cc1. The van der Waals surface area contributed by atoms with Crippen molar-refractivity contribution in [1.29, 1.82) is 0 Å². The molecule has 23 heavy (non-hydrogen) atoms. The van der Waals surface area contributed by atoms with Crippen LogP contribution in [0, 0.1) is 5.82 Å². The molecule has 0 aliphatic heterocycles. The predicted octanol–water partition coefficient (Wildman–Crippen LogP) is 3.73. The van der Waals surface area contributed by atoms with Crippen molar-refractivity contribution in [2.24, 2.45) is 0 Å². The Balaban J connectivity index is 2.00. The standard InChI is InChI=1S/C16H9Cl2FN2O2/c17-10-5-12-15(13(18)6-10)20-8-21(16(12)23)7-14(22)9-1-3-11(19)4-2-9/h1-6,8H,7H2. The molecule has 0 spiro atoms. The molecule has 7 heteroatoms. The number of carbonyl (C=O) groups is 1. The quantitative estimate of drug-likeness (QED) is 0.676. The van der Waals surface area contributed by atoms with Gasteiger partial charge in [-0.05, 0) is 36.4 Å². The van der Waals surface area contributed by atoms with Gasteiger partial charge in [0.05, 0.1) is 28.8 Å². The Bertz CT molecular complexity index is 968. The molecule has 0 fully saturated rings. The average molecular weight is 351 g/mol. The van der Waals surface area contributed by atoms with Crippen LogP contribution in [0.2, 0.25) is 10.0 Å². The van der Waals surface area contributed by atoms with Gasteiger partial charge in [-0.15, -0.1) is 0 Å². The molecule has 0 saturated heterocycles. The van der Waals surface area contributed by atoms with Crippen molar-refractivity contribution in [3.8, 4) is 0 Å². The van der Waals surface area contributed by atoms with Gasteiger partial charge in [0.2, 0.25) is 0 Å². The number of hydrogen-bond acceptors (Lipinski definition) is 3. The van der Waals surface area contributed by atoms with Crippen molar-refractivity contribution >= 4 is 39.9 Å².